The Kier molecular flexibility index (Phi) is 4.42. The molecule has 0 aliphatic carbocycles. The van der Waals surface area contributed by atoms with Gasteiger partial charge >= 0.3 is 5.97 Å². The van der Waals surface area contributed by atoms with Gasteiger partial charge < -0.3 is 14.4 Å². The summed E-state index contributed by atoms with van der Waals surface area (Å²) in [4.78, 5) is 25.2. The van der Waals surface area contributed by atoms with E-state index in [0.29, 0.717) is 31.7 Å². The fourth-order valence-electron chi connectivity index (χ4n) is 3.08. The van der Waals surface area contributed by atoms with E-state index < -0.39 is 11.9 Å². The molecule has 0 saturated carbocycles. The Morgan fingerprint density at radius 1 is 1.38 bits per heavy atom. The van der Waals surface area contributed by atoms with E-state index in [2.05, 4.69) is 5.10 Å². The second-order valence-corrected chi connectivity index (χ2v) is 6.28. The number of carboxylic acids is 1. The Morgan fingerprint density at radius 2 is 2.17 bits per heavy atom. The van der Waals surface area contributed by atoms with E-state index in [1.54, 1.807) is 17.0 Å². The lowest BCUT2D eigenvalue weighted by Gasteiger charge is -2.29. The molecule has 1 N–H and O–H groups in total. The van der Waals surface area contributed by atoms with Gasteiger partial charge in [-0.05, 0) is 44.9 Å². The molecular formula is C17H21N3O4. The Bertz CT molecular complexity index is 762. The Balaban J connectivity index is 1.69. The molecule has 24 heavy (non-hydrogen) atoms. The van der Waals surface area contributed by atoms with Crippen LogP contribution in [0.4, 0.5) is 0 Å². The molecule has 7 nitrogen and oxygen atoms in total. The molecule has 2 aromatic rings. The first-order valence-electron chi connectivity index (χ1n) is 8.06. The van der Waals surface area contributed by atoms with E-state index in [-0.39, 0.29) is 18.2 Å². The van der Waals surface area contributed by atoms with Gasteiger partial charge in [-0.25, -0.2) is 0 Å². The molecule has 1 atom stereocenters. The van der Waals surface area contributed by atoms with Crippen molar-refractivity contribution in [3.8, 4) is 0 Å². The van der Waals surface area contributed by atoms with E-state index in [0.717, 1.165) is 11.4 Å². The first-order valence-corrected chi connectivity index (χ1v) is 8.06. The molecule has 2 aromatic heterocycles. The summed E-state index contributed by atoms with van der Waals surface area (Å²) in [5.41, 5.74) is 1.96. The zero-order chi connectivity index (χ0) is 17.3. The summed E-state index contributed by atoms with van der Waals surface area (Å²) < 4.78 is 7.49. The third-order valence-electron chi connectivity index (χ3n) is 4.34. The molecule has 3 rings (SSSR count). The van der Waals surface area contributed by atoms with Crippen LogP contribution >= 0.6 is 0 Å². The largest absolute Gasteiger partial charge is 0.481 e. The number of hydrogen-bond acceptors (Lipinski definition) is 4. The third kappa shape index (κ3) is 3.34. The highest BCUT2D eigenvalue weighted by Gasteiger charge is 2.29. The van der Waals surface area contributed by atoms with Crippen molar-refractivity contribution in [2.75, 3.05) is 13.1 Å². The molecule has 0 aromatic carbocycles. The number of aliphatic carboxylic acids is 1. The van der Waals surface area contributed by atoms with Crippen LogP contribution in [0.1, 0.15) is 40.5 Å². The molecule has 3 heterocycles. The standard InChI is InChI=1S/C17H21N3O4/c1-11-8-12(2)20(18-11)10-14-5-6-15(24-14)16(21)19-7-3-4-13(9-19)17(22)23/h5-6,8,13H,3-4,7,9-10H2,1-2H3,(H,22,23). The highest BCUT2D eigenvalue weighted by atomic mass is 16.4. The average molecular weight is 331 g/mol. The lowest BCUT2D eigenvalue weighted by atomic mass is 9.98. The number of carboxylic acid groups (broad SMARTS) is 1. The number of furan rings is 1. The quantitative estimate of drug-likeness (QED) is 0.926. The van der Waals surface area contributed by atoms with E-state index in [1.807, 2.05) is 24.6 Å². The monoisotopic (exact) mass is 331 g/mol. The maximum absolute atomic E-state index is 12.5. The van der Waals surface area contributed by atoms with Gasteiger partial charge in [-0.2, -0.15) is 5.10 Å². The Hall–Kier alpha value is -2.57. The Morgan fingerprint density at radius 3 is 2.83 bits per heavy atom. The van der Waals surface area contributed by atoms with Gasteiger partial charge in [-0.15, -0.1) is 0 Å². The van der Waals surface area contributed by atoms with Crippen LogP contribution in [0.5, 0.6) is 0 Å². The van der Waals surface area contributed by atoms with Crippen LogP contribution in [-0.2, 0) is 11.3 Å². The minimum Gasteiger partial charge on any atom is -0.481 e. The number of aromatic nitrogens is 2. The number of carbonyl (C=O) groups is 2. The molecule has 1 aliphatic heterocycles. The van der Waals surface area contributed by atoms with Crippen molar-refractivity contribution in [2.45, 2.75) is 33.2 Å². The predicted molar refractivity (Wildman–Crippen MR) is 85.8 cm³/mol. The van der Waals surface area contributed by atoms with Gasteiger partial charge in [0.1, 0.15) is 5.76 Å². The van der Waals surface area contributed by atoms with Crippen molar-refractivity contribution in [1.29, 1.82) is 0 Å². The van der Waals surface area contributed by atoms with Gasteiger partial charge in [0, 0.05) is 18.8 Å². The molecule has 7 heteroatoms. The summed E-state index contributed by atoms with van der Waals surface area (Å²) in [5.74, 6) is -0.696. The number of amides is 1. The highest BCUT2D eigenvalue weighted by Crippen LogP contribution is 2.20. The summed E-state index contributed by atoms with van der Waals surface area (Å²) in [6.45, 7) is 5.16. The molecule has 0 bridgehead atoms. The van der Waals surface area contributed by atoms with Crippen molar-refractivity contribution >= 4 is 11.9 Å². The van der Waals surface area contributed by atoms with Crippen LogP contribution in [0, 0.1) is 19.8 Å². The van der Waals surface area contributed by atoms with E-state index >= 15 is 0 Å². The minimum absolute atomic E-state index is 0.238. The first-order chi connectivity index (χ1) is 11.4. The van der Waals surface area contributed by atoms with Crippen molar-refractivity contribution in [3.63, 3.8) is 0 Å². The van der Waals surface area contributed by atoms with Crippen molar-refractivity contribution in [2.24, 2.45) is 5.92 Å². The zero-order valence-corrected chi connectivity index (χ0v) is 13.9. The number of carbonyl (C=O) groups excluding carboxylic acids is 1. The van der Waals surface area contributed by atoms with Gasteiger partial charge in [0.2, 0.25) is 0 Å². The fraction of sp³-hybridized carbons (Fsp3) is 0.471. The van der Waals surface area contributed by atoms with E-state index in [1.165, 1.54) is 0 Å². The predicted octanol–water partition coefficient (Wildman–Crippen LogP) is 2.08. The molecule has 1 saturated heterocycles. The molecular weight excluding hydrogens is 310 g/mol. The molecule has 1 aliphatic rings. The van der Waals surface area contributed by atoms with Gasteiger partial charge in [-0.1, -0.05) is 0 Å². The van der Waals surface area contributed by atoms with Crippen LogP contribution in [0.3, 0.4) is 0 Å². The third-order valence-corrected chi connectivity index (χ3v) is 4.34. The lowest BCUT2D eigenvalue weighted by Crippen LogP contribution is -2.42. The van der Waals surface area contributed by atoms with Gasteiger partial charge in [0.25, 0.3) is 5.91 Å². The number of rotatable bonds is 4. The number of nitrogens with zero attached hydrogens (tertiary/aromatic N) is 3. The number of hydrogen-bond donors (Lipinski definition) is 1. The first kappa shape index (κ1) is 16.3. The number of piperidine rings is 1. The smallest absolute Gasteiger partial charge is 0.308 e. The van der Waals surface area contributed by atoms with Gasteiger partial charge in [0.05, 0.1) is 18.2 Å². The summed E-state index contributed by atoms with van der Waals surface area (Å²) in [7, 11) is 0. The Labute approximate surface area is 139 Å². The van der Waals surface area contributed by atoms with Crippen LogP contribution in [-0.4, -0.2) is 44.8 Å². The maximum atomic E-state index is 12.5. The van der Waals surface area contributed by atoms with Crippen LogP contribution in [0.15, 0.2) is 22.6 Å². The second-order valence-electron chi connectivity index (χ2n) is 6.28. The summed E-state index contributed by atoms with van der Waals surface area (Å²) >= 11 is 0. The topological polar surface area (TPSA) is 88.6 Å². The van der Waals surface area contributed by atoms with Crippen molar-refractivity contribution in [3.05, 3.63) is 41.1 Å². The summed E-state index contributed by atoms with van der Waals surface area (Å²) in [5, 5.41) is 13.5. The van der Waals surface area contributed by atoms with Crippen molar-refractivity contribution < 1.29 is 19.1 Å². The van der Waals surface area contributed by atoms with Crippen LogP contribution in [0.25, 0.3) is 0 Å². The molecule has 1 amide bonds. The SMILES string of the molecule is Cc1cc(C)n(Cc2ccc(C(=O)N3CCCC(C(=O)O)C3)o2)n1. The molecule has 1 unspecified atom stereocenters. The minimum atomic E-state index is -0.850. The molecule has 128 valence electrons. The lowest BCUT2D eigenvalue weighted by molar-refractivity contribution is -0.143. The van der Waals surface area contributed by atoms with Crippen LogP contribution < -0.4 is 0 Å². The summed E-state index contributed by atoms with van der Waals surface area (Å²) in [6, 6.07) is 5.39. The highest BCUT2D eigenvalue weighted by molar-refractivity contribution is 5.92. The van der Waals surface area contributed by atoms with Gasteiger partial charge in [-0.3, -0.25) is 14.3 Å². The average Bonchev–Trinajstić information content (AvgIpc) is 3.14. The van der Waals surface area contributed by atoms with E-state index in [9.17, 15) is 9.59 Å². The number of likely N-dealkylation sites (tertiary alicyclic amines) is 1. The molecule has 0 spiro atoms. The normalized spacial score (nSPS) is 17.9. The fourth-order valence-corrected chi connectivity index (χ4v) is 3.08. The van der Waals surface area contributed by atoms with Gasteiger partial charge in [0.15, 0.2) is 5.76 Å². The number of aryl methyl sites for hydroxylation is 2. The van der Waals surface area contributed by atoms with E-state index in [4.69, 9.17) is 9.52 Å². The summed E-state index contributed by atoms with van der Waals surface area (Å²) in [6.07, 6.45) is 1.31. The maximum Gasteiger partial charge on any atom is 0.308 e. The van der Waals surface area contributed by atoms with Crippen LogP contribution in [0.2, 0.25) is 0 Å². The second kappa shape index (κ2) is 6.51. The molecule has 1 fully saturated rings. The van der Waals surface area contributed by atoms with Crippen molar-refractivity contribution in [1.82, 2.24) is 14.7 Å². The molecule has 0 radical (unpaired) electrons. The zero-order valence-electron chi connectivity index (χ0n) is 13.9.